The average molecular weight is 1010 g/mol. The fourth-order valence-corrected chi connectivity index (χ4v) is 8.77. The summed E-state index contributed by atoms with van der Waals surface area (Å²) in [5, 5.41) is 41.3. The van der Waals surface area contributed by atoms with E-state index in [1.54, 1.807) is 46.5 Å². The summed E-state index contributed by atoms with van der Waals surface area (Å²) < 4.78 is 9.02. The molecule has 0 atom stereocenters. The number of rotatable bonds is 18. The second-order valence-corrected chi connectivity index (χ2v) is 17.6. The summed E-state index contributed by atoms with van der Waals surface area (Å²) in [6.07, 6.45) is 6.01. The van der Waals surface area contributed by atoms with Crippen molar-refractivity contribution in [1.82, 2.24) is 54.7 Å². The van der Waals surface area contributed by atoms with Gasteiger partial charge < -0.3 is 62.5 Å². The quantitative estimate of drug-likeness (QED) is 0.0261. The van der Waals surface area contributed by atoms with Gasteiger partial charge in [-0.15, -0.1) is 10.2 Å². The Labute approximate surface area is 421 Å². The number of nitrogens with one attached hydrogen (secondary N) is 1. The Balaban J connectivity index is 0.935. The summed E-state index contributed by atoms with van der Waals surface area (Å²) in [6, 6.07) is 13.6. The van der Waals surface area contributed by atoms with E-state index >= 15 is 0 Å². The molecule has 1 aliphatic carbocycles. The number of phenolic OH excluding ortho intramolecular Hbond substituents is 1. The van der Waals surface area contributed by atoms with Crippen molar-refractivity contribution in [3.05, 3.63) is 94.2 Å². The number of nitrogens with zero attached hydrogens (tertiary/aromatic N) is 15. The van der Waals surface area contributed by atoms with Crippen molar-refractivity contribution in [1.29, 1.82) is 0 Å². The van der Waals surface area contributed by atoms with Crippen LogP contribution in [0.1, 0.15) is 34.6 Å². The SMILES string of the molecule is NC(N)=NCCCc1cn(CC(=O)N2CCN(c3nc(Nc4ccc(-c5c6ccc(=O)cc-6oc6cc(O)ccc56)c(C(=O)O)c4)nc(N4CCN(C(=O)Cn5cc(CCCN=C(N)N)nn5)CC4)n3)CC2)nn1. The number of nitrogens with two attached hydrogens (primary N) is 4. The van der Waals surface area contributed by atoms with Gasteiger partial charge >= 0.3 is 5.97 Å². The fraction of sp³-hybridized carbons (Fsp3) is 0.340. The topological polar surface area (TPSA) is 376 Å². The molecule has 0 radical (unpaired) electrons. The summed E-state index contributed by atoms with van der Waals surface area (Å²) in [5.74, 6) is -0.511. The lowest BCUT2D eigenvalue weighted by Gasteiger charge is -2.36. The van der Waals surface area contributed by atoms with Gasteiger partial charge in [-0.1, -0.05) is 16.5 Å². The number of amides is 2. The van der Waals surface area contributed by atoms with E-state index in [1.165, 1.54) is 39.7 Å². The number of benzene rings is 3. The highest BCUT2D eigenvalue weighted by atomic mass is 16.4. The number of aliphatic imine (C=N–C) groups is 2. The van der Waals surface area contributed by atoms with Crippen LogP contribution < -0.4 is 43.5 Å². The number of anilines is 4. The van der Waals surface area contributed by atoms with Crippen LogP contribution in [-0.2, 0) is 35.5 Å². The zero-order valence-corrected chi connectivity index (χ0v) is 40.1. The van der Waals surface area contributed by atoms with E-state index < -0.39 is 5.97 Å². The number of guanidine groups is 2. The molecule has 27 heteroatoms. The second kappa shape index (κ2) is 21.9. The van der Waals surface area contributed by atoms with E-state index in [2.05, 4.69) is 35.9 Å². The summed E-state index contributed by atoms with van der Waals surface area (Å²) >= 11 is 0. The van der Waals surface area contributed by atoms with E-state index in [1.807, 2.05) is 9.80 Å². The van der Waals surface area contributed by atoms with Gasteiger partial charge in [0.05, 0.1) is 17.0 Å². The first kappa shape index (κ1) is 49.5. The molecular weight excluding hydrogens is 957 g/mol. The van der Waals surface area contributed by atoms with Crippen molar-refractivity contribution in [3.8, 4) is 28.2 Å². The maximum absolute atomic E-state index is 13.5. The number of carboxylic acids is 1. The Morgan fingerprint density at radius 3 is 1.77 bits per heavy atom. The van der Waals surface area contributed by atoms with Crippen LogP contribution in [0.2, 0.25) is 0 Å². The number of aryl methyl sites for hydroxylation is 2. The van der Waals surface area contributed by atoms with Gasteiger partial charge in [-0.05, 0) is 67.6 Å². The molecule has 0 unspecified atom stereocenters. The summed E-state index contributed by atoms with van der Waals surface area (Å²) in [5.41, 5.74) is 24.6. The van der Waals surface area contributed by atoms with Crippen LogP contribution in [0.15, 0.2) is 86.2 Å². The zero-order chi connectivity index (χ0) is 51.9. The Morgan fingerprint density at radius 2 is 1.23 bits per heavy atom. The number of phenols is 1. The molecule has 384 valence electrons. The summed E-state index contributed by atoms with van der Waals surface area (Å²) in [4.78, 5) is 82.3. The number of hydrogen-bond acceptors (Lipinski definition) is 18. The number of aromatic carboxylic acids is 1. The fourth-order valence-electron chi connectivity index (χ4n) is 8.77. The van der Waals surface area contributed by atoms with Gasteiger partial charge in [0, 0.05) is 112 Å². The molecule has 2 aromatic carbocycles. The van der Waals surface area contributed by atoms with Crippen LogP contribution >= 0.6 is 0 Å². The lowest BCUT2D eigenvalue weighted by atomic mass is 9.90. The largest absolute Gasteiger partial charge is 0.508 e. The Kier molecular flexibility index (Phi) is 14.7. The average Bonchev–Trinajstić information content (AvgIpc) is 4.04. The van der Waals surface area contributed by atoms with Gasteiger partial charge in [-0.3, -0.25) is 24.4 Å². The number of piperazine rings is 2. The molecule has 0 spiro atoms. The van der Waals surface area contributed by atoms with Gasteiger partial charge in [0.25, 0.3) is 0 Å². The number of carbonyl (C=O) groups is 3. The van der Waals surface area contributed by atoms with Crippen molar-refractivity contribution < 1.29 is 29.0 Å². The molecule has 0 saturated carbocycles. The molecule has 11 N–H and O–H groups in total. The van der Waals surface area contributed by atoms with Gasteiger partial charge in [0.15, 0.2) is 17.3 Å². The number of carbonyl (C=O) groups excluding carboxylic acids is 2. The molecule has 9 rings (SSSR count). The molecule has 2 fully saturated rings. The number of aromatic nitrogens is 9. The Bertz CT molecular complexity index is 3160. The first-order valence-electron chi connectivity index (χ1n) is 23.8. The highest BCUT2D eigenvalue weighted by Crippen LogP contribution is 2.42. The van der Waals surface area contributed by atoms with Gasteiger partial charge in [-0.25, -0.2) is 14.2 Å². The molecule has 6 heterocycles. The lowest BCUT2D eigenvalue weighted by molar-refractivity contribution is -0.133. The number of fused-ring (bicyclic) bond motifs is 2. The monoisotopic (exact) mass is 1010 g/mol. The van der Waals surface area contributed by atoms with Crippen LogP contribution in [0.5, 0.6) is 5.75 Å². The van der Waals surface area contributed by atoms with Crippen molar-refractivity contribution in [3.63, 3.8) is 0 Å². The number of hydrogen-bond donors (Lipinski definition) is 7. The van der Waals surface area contributed by atoms with Crippen LogP contribution in [0.25, 0.3) is 33.4 Å². The van der Waals surface area contributed by atoms with E-state index in [4.69, 9.17) is 42.3 Å². The summed E-state index contributed by atoms with van der Waals surface area (Å²) in [7, 11) is 0. The van der Waals surface area contributed by atoms with Crippen LogP contribution in [-0.4, -0.2) is 160 Å². The predicted octanol–water partition coefficient (Wildman–Crippen LogP) is 0.190. The van der Waals surface area contributed by atoms with E-state index in [-0.39, 0.29) is 70.9 Å². The maximum atomic E-state index is 13.5. The highest BCUT2D eigenvalue weighted by molar-refractivity contribution is 6.08. The molecule has 5 aromatic rings. The van der Waals surface area contributed by atoms with Gasteiger partial charge in [0.2, 0.25) is 29.7 Å². The van der Waals surface area contributed by atoms with E-state index in [9.17, 15) is 29.4 Å². The number of carboxylic acid groups (broad SMARTS) is 1. The highest BCUT2D eigenvalue weighted by Gasteiger charge is 2.29. The van der Waals surface area contributed by atoms with Crippen LogP contribution in [0.3, 0.4) is 0 Å². The molecule has 2 amide bonds. The van der Waals surface area contributed by atoms with E-state index in [0.29, 0.717) is 131 Å². The van der Waals surface area contributed by atoms with E-state index in [0.717, 1.165) is 11.4 Å². The standard InChI is InChI=1S/C47H54N20O7/c48-43(49)52-11-1-3-29-24-66(60-58-29)26-39(70)62-13-17-64(18-14-62)46-55-45(56-47(57-46)65-19-15-63(16-20-65)40(71)27-67-25-30(59-61-67)4-2-12-53-44(50)51)54-28-5-8-33(36(21-28)42(72)73)41-34-9-6-31(68)22-37(34)74-38-23-32(69)7-10-35(38)41/h5-10,21-25,68H,1-4,11-20,26-27H2,(H,72,73)(H4,48,49,52)(H4,50,51,53)(H,54,55,56,57). The molecule has 2 saturated heterocycles. The van der Waals surface area contributed by atoms with Crippen LogP contribution in [0, 0.1) is 0 Å². The maximum Gasteiger partial charge on any atom is 0.336 e. The molecule has 74 heavy (non-hydrogen) atoms. The Hall–Kier alpha value is -9.43. The Morgan fingerprint density at radius 1 is 0.676 bits per heavy atom. The smallest absolute Gasteiger partial charge is 0.336 e. The molecule has 0 bridgehead atoms. The minimum atomic E-state index is -1.23. The molecule has 27 nitrogen and oxygen atoms in total. The third-order valence-corrected chi connectivity index (χ3v) is 12.4. The predicted molar refractivity (Wildman–Crippen MR) is 272 cm³/mol. The third kappa shape index (κ3) is 11.8. The second-order valence-electron chi connectivity index (χ2n) is 17.6. The van der Waals surface area contributed by atoms with Crippen molar-refractivity contribution in [2.75, 3.05) is 80.6 Å². The molecule has 3 aliphatic heterocycles. The molecule has 4 aliphatic rings. The van der Waals surface area contributed by atoms with Gasteiger partial charge in [0.1, 0.15) is 30.2 Å². The number of aromatic hydroxyl groups is 1. The van der Waals surface area contributed by atoms with Crippen molar-refractivity contribution >= 4 is 64.2 Å². The van der Waals surface area contributed by atoms with Crippen LogP contribution in [0.4, 0.5) is 23.5 Å². The molecule has 3 aromatic heterocycles. The zero-order valence-electron chi connectivity index (χ0n) is 40.1. The minimum Gasteiger partial charge on any atom is -0.508 e. The minimum absolute atomic E-state index is 0.00880. The van der Waals surface area contributed by atoms with Crippen molar-refractivity contribution in [2.24, 2.45) is 32.9 Å². The first-order valence-corrected chi connectivity index (χ1v) is 23.8. The first-order chi connectivity index (χ1) is 35.7. The van der Waals surface area contributed by atoms with Gasteiger partial charge in [-0.2, -0.15) is 15.0 Å². The van der Waals surface area contributed by atoms with Crippen molar-refractivity contribution in [2.45, 2.75) is 38.8 Å². The summed E-state index contributed by atoms with van der Waals surface area (Å²) in [6.45, 7) is 3.94. The normalized spacial score (nSPS) is 13.8. The lowest BCUT2D eigenvalue weighted by Crippen LogP contribution is -2.51. The third-order valence-electron chi connectivity index (χ3n) is 12.4. The molecular formula is C47H54N20O7.